The summed E-state index contributed by atoms with van der Waals surface area (Å²) in [5.41, 5.74) is 0.596. The third-order valence-corrected chi connectivity index (χ3v) is 1.27. The number of methoxy groups -OCH3 is 1. The van der Waals surface area contributed by atoms with Crippen LogP contribution in [0, 0.1) is 0 Å². The van der Waals surface area contributed by atoms with E-state index in [2.05, 4.69) is 4.74 Å². The lowest BCUT2D eigenvalue weighted by Crippen LogP contribution is -2.00. The molecule has 0 rings (SSSR count). The molecule has 0 aliphatic heterocycles. The Hall–Kier alpha value is -1.31. The van der Waals surface area contributed by atoms with Gasteiger partial charge in [0.15, 0.2) is 0 Å². The zero-order valence-corrected chi connectivity index (χ0v) is 7.70. The van der Waals surface area contributed by atoms with Gasteiger partial charge in [-0.25, -0.2) is 4.79 Å². The van der Waals surface area contributed by atoms with Gasteiger partial charge < -0.3 is 4.74 Å². The van der Waals surface area contributed by atoms with E-state index in [0.29, 0.717) is 5.57 Å². The number of esters is 1. The lowest BCUT2D eigenvalue weighted by molar-refractivity contribution is -0.136. The van der Waals surface area contributed by atoms with Gasteiger partial charge in [-0.1, -0.05) is 30.4 Å². The molecule has 0 aliphatic rings. The zero-order chi connectivity index (χ0) is 9.40. The van der Waals surface area contributed by atoms with Crippen molar-refractivity contribution in [2.75, 3.05) is 7.11 Å². The Labute approximate surface area is 73.2 Å². The second kappa shape index (κ2) is 6.40. The van der Waals surface area contributed by atoms with Gasteiger partial charge >= 0.3 is 5.97 Å². The summed E-state index contributed by atoms with van der Waals surface area (Å²) in [7, 11) is 1.37. The highest BCUT2D eigenvalue weighted by Gasteiger charge is 1.99. The van der Waals surface area contributed by atoms with Gasteiger partial charge in [0.25, 0.3) is 0 Å². The maximum atomic E-state index is 10.8. The summed E-state index contributed by atoms with van der Waals surface area (Å²) in [6.07, 6.45) is 9.17. The SMILES string of the molecule is CC=CC=CC=C(C)C(=O)OC. The molecule has 0 N–H and O–H groups in total. The molecule has 0 aliphatic carbocycles. The number of carbonyl (C=O) groups excluding carboxylic acids is 1. The van der Waals surface area contributed by atoms with Crippen molar-refractivity contribution in [3.63, 3.8) is 0 Å². The molecule has 0 amide bonds. The lowest BCUT2D eigenvalue weighted by atomic mass is 10.3. The number of ether oxygens (including phenoxy) is 1. The molecular weight excluding hydrogens is 152 g/mol. The van der Waals surface area contributed by atoms with Crippen molar-refractivity contribution in [2.24, 2.45) is 0 Å². The van der Waals surface area contributed by atoms with Crippen LogP contribution in [-0.4, -0.2) is 13.1 Å². The fraction of sp³-hybridized carbons (Fsp3) is 0.300. The Morgan fingerprint density at radius 2 is 1.92 bits per heavy atom. The minimum Gasteiger partial charge on any atom is -0.466 e. The predicted molar refractivity (Wildman–Crippen MR) is 49.7 cm³/mol. The molecule has 0 saturated carbocycles. The van der Waals surface area contributed by atoms with E-state index in [0.717, 1.165) is 0 Å². The number of rotatable bonds is 3. The molecule has 12 heavy (non-hydrogen) atoms. The Morgan fingerprint density at radius 3 is 2.42 bits per heavy atom. The van der Waals surface area contributed by atoms with Crippen LogP contribution in [0.2, 0.25) is 0 Å². The lowest BCUT2D eigenvalue weighted by Gasteiger charge is -1.94. The summed E-state index contributed by atoms with van der Waals surface area (Å²) >= 11 is 0. The summed E-state index contributed by atoms with van der Waals surface area (Å²) in [5, 5.41) is 0. The van der Waals surface area contributed by atoms with Crippen molar-refractivity contribution >= 4 is 5.97 Å². The van der Waals surface area contributed by atoms with Gasteiger partial charge in [0, 0.05) is 5.57 Å². The summed E-state index contributed by atoms with van der Waals surface area (Å²) in [6.45, 7) is 3.65. The van der Waals surface area contributed by atoms with Crippen molar-refractivity contribution in [3.8, 4) is 0 Å². The Balaban J connectivity index is 4.08. The zero-order valence-electron chi connectivity index (χ0n) is 7.70. The molecule has 2 nitrogen and oxygen atoms in total. The van der Waals surface area contributed by atoms with Crippen LogP contribution in [0.3, 0.4) is 0 Å². The van der Waals surface area contributed by atoms with E-state index in [-0.39, 0.29) is 5.97 Å². The molecule has 2 heteroatoms. The molecule has 0 saturated heterocycles. The van der Waals surface area contributed by atoms with E-state index in [1.54, 1.807) is 19.1 Å². The number of allylic oxidation sites excluding steroid dienone is 5. The first kappa shape index (κ1) is 10.7. The topological polar surface area (TPSA) is 26.3 Å². The average Bonchev–Trinajstić information content (AvgIpc) is 2.10. The van der Waals surface area contributed by atoms with Crippen LogP contribution < -0.4 is 0 Å². The van der Waals surface area contributed by atoms with Gasteiger partial charge in [-0.2, -0.15) is 0 Å². The third kappa shape index (κ3) is 4.50. The summed E-state index contributed by atoms with van der Waals surface area (Å²) in [4.78, 5) is 10.8. The molecule has 0 unspecified atom stereocenters. The van der Waals surface area contributed by atoms with Crippen LogP contribution in [0.25, 0.3) is 0 Å². The Morgan fingerprint density at radius 1 is 1.25 bits per heavy atom. The second-order valence-electron chi connectivity index (χ2n) is 2.25. The molecule has 0 heterocycles. The minimum absolute atomic E-state index is 0.292. The van der Waals surface area contributed by atoms with Crippen LogP contribution in [0.15, 0.2) is 36.0 Å². The van der Waals surface area contributed by atoms with Crippen molar-refractivity contribution in [1.82, 2.24) is 0 Å². The van der Waals surface area contributed by atoms with Crippen LogP contribution in [0.1, 0.15) is 13.8 Å². The van der Waals surface area contributed by atoms with Gasteiger partial charge in [0.1, 0.15) is 0 Å². The fourth-order valence-corrected chi connectivity index (χ4v) is 0.604. The summed E-state index contributed by atoms with van der Waals surface area (Å²) in [6, 6.07) is 0. The molecule has 0 radical (unpaired) electrons. The first-order valence-corrected chi connectivity index (χ1v) is 3.77. The van der Waals surface area contributed by atoms with E-state index in [4.69, 9.17) is 0 Å². The predicted octanol–water partition coefficient (Wildman–Crippen LogP) is 2.24. The largest absolute Gasteiger partial charge is 0.466 e. The van der Waals surface area contributed by atoms with Gasteiger partial charge in [-0.05, 0) is 13.8 Å². The summed E-state index contributed by atoms with van der Waals surface area (Å²) in [5.74, 6) is -0.292. The number of hydrogen-bond acceptors (Lipinski definition) is 2. The molecule has 66 valence electrons. The maximum absolute atomic E-state index is 10.8. The Kier molecular flexibility index (Phi) is 5.70. The highest BCUT2D eigenvalue weighted by molar-refractivity contribution is 5.87. The second-order valence-corrected chi connectivity index (χ2v) is 2.25. The molecule has 0 aromatic heterocycles. The molecule has 0 atom stereocenters. The number of carbonyl (C=O) groups is 1. The van der Waals surface area contributed by atoms with Crippen LogP contribution in [0.4, 0.5) is 0 Å². The van der Waals surface area contributed by atoms with Gasteiger partial charge in [-0.15, -0.1) is 0 Å². The van der Waals surface area contributed by atoms with Gasteiger partial charge in [0.2, 0.25) is 0 Å². The van der Waals surface area contributed by atoms with E-state index in [9.17, 15) is 4.79 Å². The first-order chi connectivity index (χ1) is 5.72. The quantitative estimate of drug-likeness (QED) is 0.365. The maximum Gasteiger partial charge on any atom is 0.333 e. The molecule has 0 spiro atoms. The third-order valence-electron chi connectivity index (χ3n) is 1.27. The minimum atomic E-state index is -0.292. The van der Waals surface area contributed by atoms with Crippen molar-refractivity contribution < 1.29 is 9.53 Å². The highest BCUT2D eigenvalue weighted by atomic mass is 16.5. The van der Waals surface area contributed by atoms with Gasteiger partial charge in [-0.3, -0.25) is 0 Å². The molecule has 0 bridgehead atoms. The van der Waals surface area contributed by atoms with Crippen molar-refractivity contribution in [2.45, 2.75) is 13.8 Å². The first-order valence-electron chi connectivity index (χ1n) is 3.77. The summed E-state index contributed by atoms with van der Waals surface area (Å²) < 4.78 is 4.51. The van der Waals surface area contributed by atoms with Gasteiger partial charge in [0.05, 0.1) is 7.11 Å². The highest BCUT2D eigenvalue weighted by Crippen LogP contribution is 1.95. The number of hydrogen-bond donors (Lipinski definition) is 0. The molecule has 0 aromatic rings. The van der Waals surface area contributed by atoms with Crippen LogP contribution in [-0.2, 0) is 9.53 Å². The van der Waals surface area contributed by atoms with E-state index in [1.165, 1.54) is 7.11 Å². The smallest absolute Gasteiger partial charge is 0.333 e. The van der Waals surface area contributed by atoms with Crippen LogP contribution in [0.5, 0.6) is 0 Å². The normalized spacial score (nSPS) is 12.8. The van der Waals surface area contributed by atoms with E-state index in [1.807, 2.05) is 25.2 Å². The van der Waals surface area contributed by atoms with E-state index < -0.39 is 0 Å². The Bertz CT molecular complexity index is 222. The molecule has 0 aromatic carbocycles. The van der Waals surface area contributed by atoms with E-state index >= 15 is 0 Å². The average molecular weight is 166 g/mol. The monoisotopic (exact) mass is 166 g/mol. The fourth-order valence-electron chi connectivity index (χ4n) is 0.604. The van der Waals surface area contributed by atoms with Crippen molar-refractivity contribution in [3.05, 3.63) is 36.0 Å². The van der Waals surface area contributed by atoms with Crippen molar-refractivity contribution in [1.29, 1.82) is 0 Å². The molecule has 0 fully saturated rings. The van der Waals surface area contributed by atoms with Crippen LogP contribution >= 0.6 is 0 Å². The molecular formula is C10H14O2. The standard InChI is InChI=1S/C10H14O2/c1-4-5-6-7-8-9(2)10(11)12-3/h4-8H,1-3H3.